The fourth-order valence-corrected chi connectivity index (χ4v) is 3.67. The Bertz CT molecular complexity index is 784. The first-order chi connectivity index (χ1) is 13.1. The van der Waals surface area contributed by atoms with E-state index in [1.165, 1.54) is 0 Å². The minimum Gasteiger partial charge on any atom is -0.497 e. The summed E-state index contributed by atoms with van der Waals surface area (Å²) in [5.41, 5.74) is 2.17. The summed E-state index contributed by atoms with van der Waals surface area (Å²) in [7, 11) is 3.33. The van der Waals surface area contributed by atoms with Crippen molar-refractivity contribution in [3.8, 4) is 11.5 Å². The number of amides is 1. The number of rotatable bonds is 6. The zero-order valence-electron chi connectivity index (χ0n) is 16.7. The summed E-state index contributed by atoms with van der Waals surface area (Å²) in [5, 5.41) is 3.40. The van der Waals surface area contributed by atoms with Gasteiger partial charge in [-0.15, -0.1) is 12.4 Å². The van der Waals surface area contributed by atoms with Gasteiger partial charge in [0.15, 0.2) is 0 Å². The van der Waals surface area contributed by atoms with Gasteiger partial charge >= 0.3 is 0 Å². The number of methoxy groups -OCH3 is 2. The number of carbonyl (C=O) groups is 1. The molecule has 0 bridgehead atoms. The third kappa shape index (κ3) is 4.97. The molecular formula is C22H29ClN2O3. The predicted octanol–water partition coefficient (Wildman–Crippen LogP) is 3.79. The number of nitrogens with one attached hydrogen (secondary N) is 1. The lowest BCUT2D eigenvalue weighted by atomic mass is 9.95. The highest BCUT2D eigenvalue weighted by molar-refractivity contribution is 5.85. The average molecular weight is 405 g/mol. The third-order valence-corrected chi connectivity index (χ3v) is 5.21. The number of hydrogen-bond donors (Lipinski definition) is 1. The van der Waals surface area contributed by atoms with E-state index in [9.17, 15) is 4.79 Å². The Hall–Kier alpha value is -2.24. The Kier molecular flexibility index (Phi) is 8.15. The highest BCUT2D eigenvalue weighted by Gasteiger charge is 2.30. The van der Waals surface area contributed by atoms with Gasteiger partial charge in [0, 0.05) is 31.6 Å². The first-order valence-electron chi connectivity index (χ1n) is 9.41. The van der Waals surface area contributed by atoms with Gasteiger partial charge in [-0.1, -0.05) is 37.3 Å². The SMILES string of the molecule is COc1cccc(C(C)CC(=O)N2CCNCC2c2ccccc2OC)c1.Cl. The molecular weight excluding hydrogens is 376 g/mol. The number of halogens is 1. The van der Waals surface area contributed by atoms with E-state index in [2.05, 4.69) is 18.3 Å². The molecule has 0 radical (unpaired) electrons. The van der Waals surface area contributed by atoms with Gasteiger partial charge in [0.2, 0.25) is 5.91 Å². The van der Waals surface area contributed by atoms with Gasteiger partial charge in [-0.25, -0.2) is 0 Å². The molecule has 152 valence electrons. The highest BCUT2D eigenvalue weighted by Crippen LogP contribution is 2.32. The van der Waals surface area contributed by atoms with E-state index in [1.807, 2.05) is 47.4 Å². The van der Waals surface area contributed by atoms with E-state index in [4.69, 9.17) is 9.47 Å². The monoisotopic (exact) mass is 404 g/mol. The van der Waals surface area contributed by atoms with Crippen LogP contribution in [-0.4, -0.2) is 44.7 Å². The molecule has 2 unspecified atom stereocenters. The number of ether oxygens (including phenoxy) is 2. The Morgan fingerprint density at radius 1 is 1.18 bits per heavy atom. The van der Waals surface area contributed by atoms with Crippen LogP contribution in [0.4, 0.5) is 0 Å². The number of para-hydroxylation sites is 1. The summed E-state index contributed by atoms with van der Waals surface area (Å²) in [5.74, 6) is 1.94. The topological polar surface area (TPSA) is 50.8 Å². The second-order valence-corrected chi connectivity index (χ2v) is 6.93. The molecule has 0 spiro atoms. The van der Waals surface area contributed by atoms with Gasteiger partial charge in [0.25, 0.3) is 0 Å². The van der Waals surface area contributed by atoms with E-state index >= 15 is 0 Å². The van der Waals surface area contributed by atoms with E-state index in [0.29, 0.717) is 13.0 Å². The van der Waals surface area contributed by atoms with Gasteiger partial charge in [-0.3, -0.25) is 4.79 Å². The van der Waals surface area contributed by atoms with Crippen LogP contribution < -0.4 is 14.8 Å². The van der Waals surface area contributed by atoms with Crippen LogP contribution in [0.2, 0.25) is 0 Å². The minimum atomic E-state index is -0.0140. The van der Waals surface area contributed by atoms with Crippen molar-refractivity contribution in [3.63, 3.8) is 0 Å². The molecule has 0 aromatic heterocycles. The molecule has 1 aliphatic rings. The molecule has 1 aliphatic heterocycles. The molecule has 5 nitrogen and oxygen atoms in total. The van der Waals surface area contributed by atoms with Crippen LogP contribution in [0.1, 0.15) is 36.4 Å². The van der Waals surface area contributed by atoms with Crippen LogP contribution in [0.5, 0.6) is 11.5 Å². The van der Waals surface area contributed by atoms with Crippen molar-refractivity contribution in [3.05, 3.63) is 59.7 Å². The van der Waals surface area contributed by atoms with Gasteiger partial charge in [-0.05, 0) is 29.7 Å². The zero-order chi connectivity index (χ0) is 19.2. The average Bonchev–Trinajstić information content (AvgIpc) is 2.73. The van der Waals surface area contributed by atoms with E-state index < -0.39 is 0 Å². The normalized spacial score (nSPS) is 17.4. The molecule has 3 rings (SSSR count). The predicted molar refractivity (Wildman–Crippen MR) is 114 cm³/mol. The fraction of sp³-hybridized carbons (Fsp3) is 0.409. The van der Waals surface area contributed by atoms with Crippen molar-refractivity contribution in [2.45, 2.75) is 25.3 Å². The lowest BCUT2D eigenvalue weighted by molar-refractivity contribution is -0.134. The number of nitrogens with zero attached hydrogens (tertiary/aromatic N) is 1. The van der Waals surface area contributed by atoms with Crippen molar-refractivity contribution < 1.29 is 14.3 Å². The molecule has 0 saturated carbocycles. The fourth-order valence-electron chi connectivity index (χ4n) is 3.67. The summed E-state index contributed by atoms with van der Waals surface area (Å²) in [6, 6.07) is 15.9. The van der Waals surface area contributed by atoms with Crippen LogP contribution in [0.15, 0.2) is 48.5 Å². The van der Waals surface area contributed by atoms with E-state index in [1.54, 1.807) is 14.2 Å². The first-order valence-corrected chi connectivity index (χ1v) is 9.41. The summed E-state index contributed by atoms with van der Waals surface area (Å²) in [6.07, 6.45) is 0.471. The van der Waals surface area contributed by atoms with Crippen molar-refractivity contribution in [1.29, 1.82) is 0 Å². The minimum absolute atomic E-state index is 0. The lowest BCUT2D eigenvalue weighted by Crippen LogP contribution is -2.49. The Balaban J connectivity index is 0.00000280. The maximum Gasteiger partial charge on any atom is 0.223 e. The number of hydrogen-bond acceptors (Lipinski definition) is 4. The second kappa shape index (κ2) is 10.3. The molecule has 1 saturated heterocycles. The summed E-state index contributed by atoms with van der Waals surface area (Å²) < 4.78 is 10.8. The standard InChI is InChI=1S/C22H28N2O3.ClH/c1-16(17-7-6-8-18(14-17)26-2)13-22(25)24-12-11-23-15-20(24)19-9-4-5-10-21(19)27-3;/h4-10,14,16,20,23H,11-13,15H2,1-3H3;1H. The summed E-state index contributed by atoms with van der Waals surface area (Å²) in [4.78, 5) is 15.1. The number of carbonyl (C=O) groups excluding carboxylic acids is 1. The highest BCUT2D eigenvalue weighted by atomic mass is 35.5. The van der Waals surface area contributed by atoms with Crippen LogP contribution in [0.25, 0.3) is 0 Å². The Morgan fingerprint density at radius 3 is 2.71 bits per heavy atom. The lowest BCUT2D eigenvalue weighted by Gasteiger charge is -2.37. The number of piperazine rings is 1. The third-order valence-electron chi connectivity index (χ3n) is 5.21. The molecule has 1 amide bonds. The van der Waals surface area contributed by atoms with E-state index in [-0.39, 0.29) is 30.3 Å². The Morgan fingerprint density at radius 2 is 1.96 bits per heavy atom. The van der Waals surface area contributed by atoms with Crippen LogP contribution in [0.3, 0.4) is 0 Å². The van der Waals surface area contributed by atoms with Crippen molar-refractivity contribution in [2.75, 3.05) is 33.9 Å². The van der Waals surface area contributed by atoms with Crippen LogP contribution >= 0.6 is 12.4 Å². The summed E-state index contributed by atoms with van der Waals surface area (Å²) >= 11 is 0. The quantitative estimate of drug-likeness (QED) is 0.795. The van der Waals surface area contributed by atoms with Gasteiger partial charge in [0.05, 0.1) is 20.3 Å². The molecule has 2 atom stereocenters. The van der Waals surface area contributed by atoms with Crippen molar-refractivity contribution in [1.82, 2.24) is 10.2 Å². The molecule has 1 fully saturated rings. The number of benzene rings is 2. The van der Waals surface area contributed by atoms with Crippen molar-refractivity contribution >= 4 is 18.3 Å². The summed E-state index contributed by atoms with van der Waals surface area (Å²) in [6.45, 7) is 4.34. The second-order valence-electron chi connectivity index (χ2n) is 6.93. The Labute approximate surface area is 173 Å². The molecule has 28 heavy (non-hydrogen) atoms. The molecule has 6 heteroatoms. The molecule has 0 aliphatic carbocycles. The van der Waals surface area contributed by atoms with Gasteiger partial charge in [0.1, 0.15) is 11.5 Å². The van der Waals surface area contributed by atoms with Crippen molar-refractivity contribution in [2.24, 2.45) is 0 Å². The van der Waals surface area contributed by atoms with Gasteiger partial charge in [-0.2, -0.15) is 0 Å². The molecule has 2 aromatic rings. The van der Waals surface area contributed by atoms with Crippen LogP contribution in [0, 0.1) is 0 Å². The largest absolute Gasteiger partial charge is 0.497 e. The van der Waals surface area contributed by atoms with Crippen LogP contribution in [-0.2, 0) is 4.79 Å². The smallest absolute Gasteiger partial charge is 0.223 e. The molecule has 1 heterocycles. The molecule has 2 aromatic carbocycles. The van der Waals surface area contributed by atoms with E-state index in [0.717, 1.165) is 35.7 Å². The first kappa shape index (κ1) is 22.1. The van der Waals surface area contributed by atoms with Gasteiger partial charge < -0.3 is 19.7 Å². The maximum atomic E-state index is 13.1. The zero-order valence-corrected chi connectivity index (χ0v) is 17.5. The maximum absolute atomic E-state index is 13.1. The molecule has 1 N–H and O–H groups in total.